The van der Waals surface area contributed by atoms with E-state index in [1.54, 1.807) is 0 Å². The van der Waals surface area contributed by atoms with Crippen LogP contribution in [0, 0.1) is 0 Å². The predicted octanol–water partition coefficient (Wildman–Crippen LogP) is 2.30. The molecule has 3 nitrogen and oxygen atoms in total. The first kappa shape index (κ1) is 9.37. The first-order chi connectivity index (χ1) is 6.34. The Labute approximate surface area is 86.3 Å². The zero-order valence-corrected chi connectivity index (χ0v) is 8.77. The molecule has 1 aromatic rings. The van der Waals surface area contributed by atoms with Gasteiger partial charge in [-0.2, -0.15) is 4.37 Å². The quantitative estimate of drug-likeness (QED) is 0.764. The Morgan fingerprint density at radius 3 is 3.08 bits per heavy atom. The van der Waals surface area contributed by atoms with Gasteiger partial charge in [0.25, 0.3) is 0 Å². The summed E-state index contributed by atoms with van der Waals surface area (Å²) in [5.41, 5.74) is 0. The van der Waals surface area contributed by atoms with E-state index in [9.17, 15) is 0 Å². The fraction of sp³-hybridized carbons (Fsp3) is 0.750. The van der Waals surface area contributed by atoms with Crippen LogP contribution in [0.3, 0.4) is 0 Å². The third-order valence-electron chi connectivity index (χ3n) is 2.12. The van der Waals surface area contributed by atoms with Crippen LogP contribution in [0.25, 0.3) is 0 Å². The highest BCUT2D eigenvalue weighted by Crippen LogP contribution is 2.19. The second-order valence-corrected chi connectivity index (χ2v) is 4.32. The molecule has 0 saturated carbocycles. The lowest BCUT2D eigenvalue weighted by molar-refractivity contribution is 0.0168. The Morgan fingerprint density at radius 2 is 2.46 bits per heavy atom. The standard InChI is InChI=1S/C8H11ClN2OS/c9-8-10-7(13-11-8)5-6-3-1-2-4-12-6/h6H,1-5H2. The van der Waals surface area contributed by atoms with E-state index in [-0.39, 0.29) is 0 Å². The molecule has 2 heterocycles. The van der Waals surface area contributed by atoms with Gasteiger partial charge in [0.05, 0.1) is 6.10 Å². The monoisotopic (exact) mass is 218 g/mol. The first-order valence-corrected chi connectivity index (χ1v) is 5.59. The minimum Gasteiger partial charge on any atom is -0.378 e. The fourth-order valence-electron chi connectivity index (χ4n) is 1.48. The van der Waals surface area contributed by atoms with Crippen LogP contribution in [-0.2, 0) is 11.2 Å². The Hall–Kier alpha value is -0.190. The van der Waals surface area contributed by atoms with Crippen molar-refractivity contribution in [1.82, 2.24) is 9.36 Å². The van der Waals surface area contributed by atoms with Gasteiger partial charge in [0.1, 0.15) is 5.01 Å². The summed E-state index contributed by atoms with van der Waals surface area (Å²) < 4.78 is 9.51. The molecule has 0 spiro atoms. The van der Waals surface area contributed by atoms with Gasteiger partial charge in [-0.3, -0.25) is 0 Å². The number of aromatic nitrogens is 2. The minimum absolute atomic E-state index is 0.331. The van der Waals surface area contributed by atoms with E-state index in [1.807, 2.05) is 0 Å². The molecule has 5 heteroatoms. The van der Waals surface area contributed by atoms with Crippen LogP contribution < -0.4 is 0 Å². The highest BCUT2D eigenvalue weighted by molar-refractivity contribution is 7.05. The topological polar surface area (TPSA) is 35.0 Å². The Kier molecular flexibility index (Phi) is 3.14. The number of hydrogen-bond acceptors (Lipinski definition) is 4. The van der Waals surface area contributed by atoms with Crippen LogP contribution >= 0.6 is 23.1 Å². The van der Waals surface area contributed by atoms with Crippen molar-refractivity contribution in [1.29, 1.82) is 0 Å². The van der Waals surface area contributed by atoms with E-state index in [0.717, 1.165) is 24.5 Å². The van der Waals surface area contributed by atoms with E-state index in [2.05, 4.69) is 9.36 Å². The van der Waals surface area contributed by atoms with Gasteiger partial charge in [0, 0.05) is 13.0 Å². The second-order valence-electron chi connectivity index (χ2n) is 3.15. The van der Waals surface area contributed by atoms with Crippen molar-refractivity contribution in [3.8, 4) is 0 Å². The molecule has 1 aromatic heterocycles. The van der Waals surface area contributed by atoms with Crippen LogP contribution in [-0.4, -0.2) is 22.1 Å². The minimum atomic E-state index is 0.331. The molecule has 0 bridgehead atoms. The van der Waals surface area contributed by atoms with Crippen molar-refractivity contribution in [2.45, 2.75) is 31.8 Å². The summed E-state index contributed by atoms with van der Waals surface area (Å²) in [6.45, 7) is 0.886. The predicted molar refractivity (Wildman–Crippen MR) is 52.2 cm³/mol. The maximum Gasteiger partial charge on any atom is 0.234 e. The lowest BCUT2D eigenvalue weighted by atomic mass is 10.1. The van der Waals surface area contributed by atoms with Crippen molar-refractivity contribution >= 4 is 23.1 Å². The second kappa shape index (κ2) is 4.35. The molecule has 0 aliphatic carbocycles. The van der Waals surface area contributed by atoms with Gasteiger partial charge in [0.2, 0.25) is 5.28 Å². The molecular formula is C8H11ClN2OS. The maximum atomic E-state index is 5.63. The maximum absolute atomic E-state index is 5.63. The zero-order valence-electron chi connectivity index (χ0n) is 7.20. The molecule has 0 aromatic carbocycles. The van der Waals surface area contributed by atoms with E-state index in [0.29, 0.717) is 11.4 Å². The summed E-state index contributed by atoms with van der Waals surface area (Å²) in [4.78, 5) is 4.10. The molecule has 1 aliphatic rings. The molecule has 0 N–H and O–H groups in total. The van der Waals surface area contributed by atoms with Gasteiger partial charge < -0.3 is 4.74 Å². The summed E-state index contributed by atoms with van der Waals surface area (Å²) >= 11 is 7.00. The molecule has 1 saturated heterocycles. The highest BCUT2D eigenvalue weighted by atomic mass is 35.5. The number of nitrogens with zero attached hydrogens (tertiary/aromatic N) is 2. The number of halogens is 1. The molecule has 1 unspecified atom stereocenters. The van der Waals surface area contributed by atoms with E-state index < -0.39 is 0 Å². The van der Waals surface area contributed by atoms with Gasteiger partial charge in [-0.05, 0) is 42.4 Å². The normalized spacial score (nSPS) is 23.3. The smallest absolute Gasteiger partial charge is 0.234 e. The van der Waals surface area contributed by atoms with Crippen LogP contribution in [0.4, 0.5) is 0 Å². The van der Waals surface area contributed by atoms with Gasteiger partial charge in [-0.25, -0.2) is 4.98 Å². The molecule has 1 aliphatic heterocycles. The van der Waals surface area contributed by atoms with Crippen LogP contribution in [0.5, 0.6) is 0 Å². The van der Waals surface area contributed by atoms with Crippen molar-refractivity contribution in [2.75, 3.05) is 6.61 Å². The zero-order chi connectivity index (χ0) is 9.10. The van der Waals surface area contributed by atoms with Crippen LogP contribution in [0.15, 0.2) is 0 Å². The van der Waals surface area contributed by atoms with Crippen LogP contribution in [0.2, 0.25) is 5.28 Å². The van der Waals surface area contributed by atoms with Gasteiger partial charge in [-0.1, -0.05) is 0 Å². The fourth-order valence-corrected chi connectivity index (χ4v) is 2.35. The third-order valence-corrected chi connectivity index (χ3v) is 3.12. The summed E-state index contributed by atoms with van der Waals surface area (Å²) in [6, 6.07) is 0. The molecule has 13 heavy (non-hydrogen) atoms. The summed E-state index contributed by atoms with van der Waals surface area (Å²) in [7, 11) is 0. The van der Waals surface area contributed by atoms with E-state index >= 15 is 0 Å². The summed E-state index contributed by atoms with van der Waals surface area (Å²) in [6.07, 6.45) is 4.78. The van der Waals surface area contributed by atoms with E-state index in [4.69, 9.17) is 16.3 Å². The van der Waals surface area contributed by atoms with Gasteiger partial charge in [0.15, 0.2) is 0 Å². The molecule has 0 amide bonds. The lowest BCUT2D eigenvalue weighted by Crippen LogP contribution is -2.21. The highest BCUT2D eigenvalue weighted by Gasteiger charge is 2.16. The number of ether oxygens (including phenoxy) is 1. The molecular weight excluding hydrogens is 208 g/mol. The summed E-state index contributed by atoms with van der Waals surface area (Å²) in [5, 5.41) is 1.34. The van der Waals surface area contributed by atoms with Gasteiger partial charge >= 0.3 is 0 Å². The van der Waals surface area contributed by atoms with E-state index in [1.165, 1.54) is 24.4 Å². The van der Waals surface area contributed by atoms with Crippen molar-refractivity contribution in [3.63, 3.8) is 0 Å². The molecule has 0 radical (unpaired) electrons. The van der Waals surface area contributed by atoms with Crippen molar-refractivity contribution in [3.05, 3.63) is 10.3 Å². The Bertz CT molecular complexity index is 273. The third kappa shape index (κ3) is 2.62. The number of rotatable bonds is 2. The van der Waals surface area contributed by atoms with Crippen molar-refractivity contribution < 1.29 is 4.74 Å². The Balaban J connectivity index is 1.89. The largest absolute Gasteiger partial charge is 0.378 e. The molecule has 2 rings (SSSR count). The average Bonchev–Trinajstić information content (AvgIpc) is 2.53. The molecule has 72 valence electrons. The molecule has 1 atom stereocenters. The van der Waals surface area contributed by atoms with Gasteiger partial charge in [-0.15, -0.1) is 0 Å². The van der Waals surface area contributed by atoms with Crippen molar-refractivity contribution in [2.24, 2.45) is 0 Å². The molecule has 1 fully saturated rings. The Morgan fingerprint density at radius 1 is 1.54 bits per heavy atom. The SMILES string of the molecule is Clc1nsc(CC2CCCCO2)n1. The lowest BCUT2D eigenvalue weighted by Gasteiger charge is -2.21. The van der Waals surface area contributed by atoms with Crippen LogP contribution in [0.1, 0.15) is 24.3 Å². The summed E-state index contributed by atoms with van der Waals surface area (Å²) in [5.74, 6) is 0. The average molecular weight is 219 g/mol. The number of hydrogen-bond donors (Lipinski definition) is 0. The first-order valence-electron chi connectivity index (χ1n) is 4.44.